The summed E-state index contributed by atoms with van der Waals surface area (Å²) < 4.78 is 28.3. The van der Waals surface area contributed by atoms with Crippen molar-refractivity contribution in [2.75, 3.05) is 0 Å². The number of carbonyl (C=O) groups is 2. The molecule has 7 heteroatoms. The zero-order chi connectivity index (χ0) is 21.6. The summed E-state index contributed by atoms with van der Waals surface area (Å²) in [6.45, 7) is 1.64. The van der Waals surface area contributed by atoms with E-state index in [0.29, 0.717) is 34.5 Å². The number of carboxylic acid groups (broad SMARTS) is 1. The Kier molecular flexibility index (Phi) is 5.05. The van der Waals surface area contributed by atoms with Gasteiger partial charge in [0.05, 0.1) is 11.4 Å². The number of hydrogen-bond donors (Lipinski definition) is 2. The van der Waals surface area contributed by atoms with Gasteiger partial charge in [0.2, 0.25) is 0 Å². The van der Waals surface area contributed by atoms with Crippen LogP contribution in [0.2, 0.25) is 0 Å². The molecule has 0 radical (unpaired) electrons. The molecule has 1 saturated carbocycles. The molecule has 0 bridgehead atoms. The number of aliphatic carboxylic acids is 1. The molecule has 0 spiro atoms. The van der Waals surface area contributed by atoms with E-state index >= 15 is 0 Å². The fourth-order valence-corrected chi connectivity index (χ4v) is 4.29. The van der Waals surface area contributed by atoms with E-state index in [2.05, 4.69) is 0 Å². The van der Waals surface area contributed by atoms with Crippen molar-refractivity contribution in [1.82, 2.24) is 4.57 Å². The van der Waals surface area contributed by atoms with Crippen LogP contribution in [0.4, 0.5) is 8.78 Å². The largest absolute Gasteiger partial charge is 0.508 e. The monoisotopic (exact) mass is 413 g/mol. The standard InChI is InChI=1S/C23H21F2NO4/c1-12-21(17(23(29)30)9-13-3-2-4-13)16-11-15(27)6-8-20(16)26(12)22(28)14-5-7-18(24)19(25)10-14/h5-8,10-11,13,17,27H,2-4,9H2,1H3,(H,29,30)/t17-/m0/s1. The van der Waals surface area contributed by atoms with Crippen molar-refractivity contribution in [2.45, 2.75) is 38.5 Å². The van der Waals surface area contributed by atoms with Crippen LogP contribution in [-0.4, -0.2) is 26.7 Å². The SMILES string of the molecule is Cc1c([C@H](CC2CCC2)C(=O)O)c2cc(O)ccc2n1C(=O)c1ccc(F)c(F)c1. The molecule has 1 aliphatic rings. The third-order valence-electron chi connectivity index (χ3n) is 6.05. The fourth-order valence-electron chi connectivity index (χ4n) is 4.29. The van der Waals surface area contributed by atoms with Crippen molar-refractivity contribution in [3.8, 4) is 5.75 Å². The van der Waals surface area contributed by atoms with Gasteiger partial charge in [0.1, 0.15) is 5.75 Å². The minimum atomic E-state index is -1.14. The zero-order valence-electron chi connectivity index (χ0n) is 16.4. The molecule has 0 amide bonds. The molecule has 0 unspecified atom stereocenters. The van der Waals surface area contributed by atoms with E-state index in [9.17, 15) is 28.6 Å². The number of carboxylic acids is 1. The van der Waals surface area contributed by atoms with Crippen LogP contribution in [0.3, 0.4) is 0 Å². The van der Waals surface area contributed by atoms with Crippen LogP contribution in [0.25, 0.3) is 10.9 Å². The molecule has 1 aliphatic carbocycles. The van der Waals surface area contributed by atoms with E-state index < -0.39 is 29.4 Å². The first kappa shape index (κ1) is 20.1. The highest BCUT2D eigenvalue weighted by atomic mass is 19.2. The van der Waals surface area contributed by atoms with E-state index in [1.54, 1.807) is 6.92 Å². The highest BCUT2D eigenvalue weighted by molar-refractivity contribution is 6.05. The second-order valence-electron chi connectivity index (χ2n) is 7.89. The van der Waals surface area contributed by atoms with Gasteiger partial charge in [-0.3, -0.25) is 14.2 Å². The Hall–Kier alpha value is -3.22. The summed E-state index contributed by atoms with van der Waals surface area (Å²) in [5.41, 5.74) is 1.24. The molecule has 4 rings (SSSR count). The lowest BCUT2D eigenvalue weighted by molar-refractivity contribution is -0.139. The van der Waals surface area contributed by atoms with Crippen molar-refractivity contribution in [2.24, 2.45) is 5.92 Å². The first-order valence-electron chi connectivity index (χ1n) is 9.84. The highest BCUT2D eigenvalue weighted by Crippen LogP contribution is 2.41. The number of phenols is 1. The molecule has 156 valence electrons. The number of aromatic hydroxyl groups is 1. The number of fused-ring (bicyclic) bond motifs is 1. The van der Waals surface area contributed by atoms with Gasteiger partial charge in [0.25, 0.3) is 5.91 Å². The van der Waals surface area contributed by atoms with E-state index in [1.165, 1.54) is 28.8 Å². The van der Waals surface area contributed by atoms with Gasteiger partial charge in [-0.15, -0.1) is 0 Å². The number of hydrogen-bond acceptors (Lipinski definition) is 3. The Morgan fingerprint density at radius 1 is 1.13 bits per heavy atom. The first-order chi connectivity index (χ1) is 14.3. The van der Waals surface area contributed by atoms with Crippen molar-refractivity contribution < 1.29 is 28.6 Å². The van der Waals surface area contributed by atoms with Gasteiger partial charge < -0.3 is 10.2 Å². The van der Waals surface area contributed by atoms with Crippen LogP contribution in [-0.2, 0) is 4.79 Å². The van der Waals surface area contributed by atoms with Gasteiger partial charge in [-0.1, -0.05) is 19.3 Å². The number of rotatable bonds is 5. The average Bonchev–Trinajstić information content (AvgIpc) is 2.93. The molecule has 30 heavy (non-hydrogen) atoms. The molecule has 2 N–H and O–H groups in total. The Bertz CT molecular complexity index is 1160. The van der Waals surface area contributed by atoms with Gasteiger partial charge in [0, 0.05) is 16.6 Å². The Labute approximate surface area is 171 Å². The molecular formula is C23H21F2NO4. The molecule has 0 aliphatic heterocycles. The maximum atomic E-state index is 13.7. The minimum absolute atomic E-state index is 0.0473. The van der Waals surface area contributed by atoms with E-state index in [-0.39, 0.29) is 11.3 Å². The lowest BCUT2D eigenvalue weighted by Gasteiger charge is -2.28. The van der Waals surface area contributed by atoms with Crippen LogP contribution < -0.4 is 0 Å². The van der Waals surface area contributed by atoms with Gasteiger partial charge in [-0.25, -0.2) is 8.78 Å². The van der Waals surface area contributed by atoms with Crippen LogP contribution >= 0.6 is 0 Å². The minimum Gasteiger partial charge on any atom is -0.508 e. The Balaban J connectivity index is 1.90. The number of phenolic OH excluding ortho intramolecular Hbond substituents is 1. The third kappa shape index (κ3) is 3.34. The molecule has 0 saturated heterocycles. The quantitative estimate of drug-likeness (QED) is 0.618. The van der Waals surface area contributed by atoms with Gasteiger partial charge >= 0.3 is 5.97 Å². The summed E-state index contributed by atoms with van der Waals surface area (Å²) in [6, 6.07) is 7.28. The second-order valence-corrected chi connectivity index (χ2v) is 7.89. The van der Waals surface area contributed by atoms with Gasteiger partial charge in [-0.2, -0.15) is 0 Å². The molecule has 1 aromatic heterocycles. The maximum Gasteiger partial charge on any atom is 0.311 e. The van der Waals surface area contributed by atoms with E-state index in [4.69, 9.17) is 0 Å². The molecule has 5 nitrogen and oxygen atoms in total. The average molecular weight is 413 g/mol. The van der Waals surface area contributed by atoms with Crippen molar-refractivity contribution in [3.63, 3.8) is 0 Å². The topological polar surface area (TPSA) is 79.5 Å². The van der Waals surface area contributed by atoms with Crippen LogP contribution in [0.1, 0.15) is 53.2 Å². The Morgan fingerprint density at radius 2 is 1.87 bits per heavy atom. The second kappa shape index (κ2) is 7.55. The molecule has 2 aromatic carbocycles. The molecule has 1 heterocycles. The van der Waals surface area contributed by atoms with Crippen LogP contribution in [0.15, 0.2) is 36.4 Å². The molecule has 1 atom stereocenters. The summed E-state index contributed by atoms with van der Waals surface area (Å²) in [7, 11) is 0. The summed E-state index contributed by atoms with van der Waals surface area (Å²) in [4.78, 5) is 25.3. The maximum absolute atomic E-state index is 13.7. The fraction of sp³-hybridized carbons (Fsp3) is 0.304. The number of nitrogens with zero attached hydrogens (tertiary/aromatic N) is 1. The summed E-state index contributed by atoms with van der Waals surface area (Å²) in [5, 5.41) is 20.4. The third-order valence-corrected chi connectivity index (χ3v) is 6.05. The lowest BCUT2D eigenvalue weighted by atomic mass is 9.77. The van der Waals surface area contributed by atoms with Crippen LogP contribution in [0, 0.1) is 24.5 Å². The summed E-state index contributed by atoms with van der Waals surface area (Å²) >= 11 is 0. The van der Waals surface area contributed by atoms with E-state index in [1.807, 2.05) is 0 Å². The predicted molar refractivity (Wildman–Crippen MR) is 107 cm³/mol. The van der Waals surface area contributed by atoms with E-state index in [0.717, 1.165) is 31.4 Å². The van der Waals surface area contributed by atoms with Crippen LogP contribution in [0.5, 0.6) is 5.75 Å². The highest BCUT2D eigenvalue weighted by Gasteiger charge is 2.33. The smallest absolute Gasteiger partial charge is 0.311 e. The zero-order valence-corrected chi connectivity index (χ0v) is 16.4. The summed E-state index contributed by atoms with van der Waals surface area (Å²) in [6.07, 6.45) is 3.47. The normalized spacial score (nSPS) is 15.2. The molecule has 3 aromatic rings. The summed E-state index contributed by atoms with van der Waals surface area (Å²) in [5.74, 6) is -4.36. The number of benzene rings is 2. The first-order valence-corrected chi connectivity index (χ1v) is 9.84. The number of carbonyl (C=O) groups excluding carboxylic acids is 1. The number of aromatic nitrogens is 1. The lowest BCUT2D eigenvalue weighted by Crippen LogP contribution is -2.21. The van der Waals surface area contributed by atoms with Crippen molar-refractivity contribution in [3.05, 3.63) is 64.9 Å². The molecule has 1 fully saturated rings. The Morgan fingerprint density at radius 3 is 2.47 bits per heavy atom. The van der Waals surface area contributed by atoms with Crippen molar-refractivity contribution in [1.29, 1.82) is 0 Å². The number of halogens is 2. The molecular weight excluding hydrogens is 392 g/mol. The predicted octanol–water partition coefficient (Wildman–Crippen LogP) is 4.98. The van der Waals surface area contributed by atoms with Crippen molar-refractivity contribution >= 4 is 22.8 Å². The van der Waals surface area contributed by atoms with Gasteiger partial charge in [0.15, 0.2) is 11.6 Å². The van der Waals surface area contributed by atoms with Gasteiger partial charge in [-0.05, 0) is 61.2 Å².